The van der Waals surface area contributed by atoms with Crippen LogP contribution in [0.25, 0.3) is 0 Å². The number of carbonyl (C=O) groups excluding carboxylic acids is 2. The number of ketones is 1. The van der Waals surface area contributed by atoms with Gasteiger partial charge in [0.05, 0.1) is 10.6 Å². The van der Waals surface area contributed by atoms with Gasteiger partial charge in [-0.3, -0.25) is 9.59 Å². The molecule has 0 spiro atoms. The molecule has 0 aromatic heterocycles. The van der Waals surface area contributed by atoms with Gasteiger partial charge in [0.1, 0.15) is 17.3 Å². The first-order valence-corrected chi connectivity index (χ1v) is 11.0. The zero-order valence-corrected chi connectivity index (χ0v) is 19.3. The Labute approximate surface area is 184 Å². The highest BCUT2D eigenvalue weighted by Gasteiger charge is 2.41. The van der Waals surface area contributed by atoms with E-state index in [0.717, 1.165) is 24.8 Å². The molecule has 30 heavy (non-hydrogen) atoms. The van der Waals surface area contributed by atoms with E-state index in [1.165, 1.54) is 0 Å². The van der Waals surface area contributed by atoms with Crippen molar-refractivity contribution in [3.63, 3.8) is 0 Å². The molecule has 0 radical (unpaired) electrons. The molecule has 1 aromatic rings. The van der Waals surface area contributed by atoms with Crippen LogP contribution in [0.15, 0.2) is 23.8 Å². The number of rotatable bonds is 7. The first-order valence-electron chi connectivity index (χ1n) is 10.6. The fourth-order valence-electron chi connectivity index (χ4n) is 4.21. The zero-order chi connectivity index (χ0) is 22.6. The average Bonchev–Trinajstić information content (AvgIpc) is 2.71. The maximum atomic E-state index is 12.1. The molecule has 0 amide bonds. The lowest BCUT2D eigenvalue weighted by molar-refractivity contribution is -0.129. The summed E-state index contributed by atoms with van der Waals surface area (Å²) in [4.78, 5) is 23.4. The molecule has 0 aliphatic heterocycles. The SMILES string of the molecule is C/C(=C\Cc1c(O)c(Cl)c(C)c(C=O)c1O)CC/C=C/[C@@]1(C)[C@H](C)CCC(=O)[C@@H]1C. The van der Waals surface area contributed by atoms with Crippen molar-refractivity contribution in [2.75, 3.05) is 0 Å². The number of aromatic hydroxyl groups is 2. The van der Waals surface area contributed by atoms with E-state index in [2.05, 4.69) is 26.0 Å². The van der Waals surface area contributed by atoms with Crippen molar-refractivity contribution >= 4 is 23.7 Å². The summed E-state index contributed by atoms with van der Waals surface area (Å²) in [7, 11) is 0. The van der Waals surface area contributed by atoms with Crippen molar-refractivity contribution in [2.45, 2.75) is 66.7 Å². The summed E-state index contributed by atoms with van der Waals surface area (Å²) in [5.74, 6) is 0.466. The first kappa shape index (κ1) is 24.2. The second-order valence-corrected chi connectivity index (χ2v) is 9.21. The second-order valence-electron chi connectivity index (χ2n) is 8.84. The fourth-order valence-corrected chi connectivity index (χ4v) is 4.43. The molecule has 1 aliphatic carbocycles. The van der Waals surface area contributed by atoms with Gasteiger partial charge in [-0.15, -0.1) is 0 Å². The van der Waals surface area contributed by atoms with Gasteiger partial charge in [0.25, 0.3) is 0 Å². The first-order chi connectivity index (χ1) is 14.0. The summed E-state index contributed by atoms with van der Waals surface area (Å²) >= 11 is 6.10. The van der Waals surface area contributed by atoms with Crippen LogP contribution in [0.4, 0.5) is 0 Å². The summed E-state index contributed by atoms with van der Waals surface area (Å²) in [5.41, 5.74) is 1.75. The van der Waals surface area contributed by atoms with Crippen LogP contribution in [0.5, 0.6) is 11.5 Å². The number of aldehydes is 1. The maximum absolute atomic E-state index is 12.1. The number of carbonyl (C=O) groups is 2. The van der Waals surface area contributed by atoms with Crippen molar-refractivity contribution < 1.29 is 19.8 Å². The standard InChI is InChI=1S/C25H33ClO4/c1-15(8-6-7-13-25(5)16(2)10-12-21(28)18(25)4)9-11-19-23(29)20(14-27)17(3)22(26)24(19)30/h7,9,13-14,16,18,29-30H,6,8,10-12H2,1-5H3/b13-7+,15-9+/t16-,18+,25+/m1/s1. The van der Waals surface area contributed by atoms with Gasteiger partial charge in [-0.25, -0.2) is 0 Å². The van der Waals surface area contributed by atoms with Gasteiger partial charge in [-0.2, -0.15) is 0 Å². The Balaban J connectivity index is 2.05. The molecule has 4 nitrogen and oxygen atoms in total. The van der Waals surface area contributed by atoms with Crippen molar-refractivity contribution in [1.29, 1.82) is 0 Å². The number of phenols is 2. The number of phenolic OH excluding ortho intramolecular Hbond substituents is 2. The van der Waals surface area contributed by atoms with Crippen LogP contribution in [0.1, 0.15) is 74.9 Å². The number of benzene rings is 1. The van der Waals surface area contributed by atoms with Crippen LogP contribution in [0, 0.1) is 24.2 Å². The third-order valence-corrected chi connectivity index (χ3v) is 7.49. The smallest absolute Gasteiger partial charge is 0.154 e. The Bertz CT molecular complexity index is 884. The lowest BCUT2D eigenvalue weighted by Gasteiger charge is -2.42. The molecule has 2 N–H and O–H groups in total. The van der Waals surface area contributed by atoms with Gasteiger partial charge in [-0.05, 0) is 56.4 Å². The van der Waals surface area contributed by atoms with E-state index in [1.807, 2.05) is 19.9 Å². The largest absolute Gasteiger partial charge is 0.507 e. The van der Waals surface area contributed by atoms with Crippen LogP contribution < -0.4 is 0 Å². The lowest BCUT2D eigenvalue weighted by atomic mass is 9.61. The topological polar surface area (TPSA) is 74.6 Å². The third kappa shape index (κ3) is 4.80. The molecule has 1 aliphatic rings. The minimum atomic E-state index is -0.216. The molecular formula is C25H33ClO4. The Morgan fingerprint density at radius 2 is 1.93 bits per heavy atom. The molecule has 3 atom stereocenters. The van der Waals surface area contributed by atoms with Crippen molar-refractivity contribution in [1.82, 2.24) is 0 Å². The summed E-state index contributed by atoms with van der Waals surface area (Å²) in [6.07, 6.45) is 10.4. The Hall–Kier alpha value is -2.07. The van der Waals surface area contributed by atoms with E-state index in [1.54, 1.807) is 6.92 Å². The van der Waals surface area contributed by atoms with E-state index in [-0.39, 0.29) is 45.4 Å². The van der Waals surface area contributed by atoms with Crippen LogP contribution in [-0.2, 0) is 11.2 Å². The monoisotopic (exact) mass is 432 g/mol. The van der Waals surface area contributed by atoms with E-state index >= 15 is 0 Å². The third-order valence-electron chi connectivity index (χ3n) is 7.02. The summed E-state index contributed by atoms with van der Waals surface area (Å²) in [6, 6.07) is 0. The number of halogens is 1. The highest BCUT2D eigenvalue weighted by Crippen LogP contribution is 2.44. The second kappa shape index (κ2) is 9.82. The van der Waals surface area contributed by atoms with Gasteiger partial charge in [-0.1, -0.05) is 56.2 Å². The molecular weight excluding hydrogens is 400 g/mol. The van der Waals surface area contributed by atoms with Crippen molar-refractivity contribution in [2.24, 2.45) is 17.3 Å². The summed E-state index contributed by atoms with van der Waals surface area (Å²) in [6.45, 7) is 10.0. The molecule has 1 saturated carbocycles. The Kier molecular flexibility index (Phi) is 7.93. The van der Waals surface area contributed by atoms with Crippen LogP contribution in [0.2, 0.25) is 5.02 Å². The predicted molar refractivity (Wildman–Crippen MR) is 121 cm³/mol. The molecule has 0 saturated heterocycles. The van der Waals surface area contributed by atoms with Gasteiger partial charge >= 0.3 is 0 Å². The molecule has 1 fully saturated rings. The van der Waals surface area contributed by atoms with E-state index in [9.17, 15) is 19.8 Å². The molecule has 0 unspecified atom stereocenters. The highest BCUT2D eigenvalue weighted by molar-refractivity contribution is 6.33. The molecule has 5 heteroatoms. The lowest BCUT2D eigenvalue weighted by Crippen LogP contribution is -2.40. The van der Waals surface area contributed by atoms with E-state index < -0.39 is 0 Å². The minimum Gasteiger partial charge on any atom is -0.507 e. The molecule has 0 bridgehead atoms. The summed E-state index contributed by atoms with van der Waals surface area (Å²) < 4.78 is 0. The van der Waals surface area contributed by atoms with E-state index in [0.29, 0.717) is 30.0 Å². The Morgan fingerprint density at radius 1 is 1.27 bits per heavy atom. The maximum Gasteiger partial charge on any atom is 0.154 e. The van der Waals surface area contributed by atoms with Crippen LogP contribution in [-0.4, -0.2) is 22.3 Å². The molecule has 0 heterocycles. The highest BCUT2D eigenvalue weighted by atomic mass is 35.5. The average molecular weight is 433 g/mol. The van der Waals surface area contributed by atoms with Gasteiger partial charge < -0.3 is 10.2 Å². The Morgan fingerprint density at radius 3 is 2.57 bits per heavy atom. The summed E-state index contributed by atoms with van der Waals surface area (Å²) in [5, 5.41) is 20.7. The van der Waals surface area contributed by atoms with E-state index in [4.69, 9.17) is 11.6 Å². The number of allylic oxidation sites excluding steroid dienone is 4. The fraction of sp³-hybridized carbons (Fsp3) is 0.520. The number of hydrogen-bond donors (Lipinski definition) is 2. The quantitative estimate of drug-likeness (QED) is 0.389. The van der Waals surface area contributed by atoms with Gasteiger partial charge in [0, 0.05) is 17.9 Å². The predicted octanol–water partition coefficient (Wildman–Crippen LogP) is 6.34. The van der Waals surface area contributed by atoms with Gasteiger partial charge in [0.2, 0.25) is 0 Å². The normalized spacial score (nSPS) is 25.1. The zero-order valence-electron chi connectivity index (χ0n) is 18.6. The molecule has 1 aromatic carbocycles. The minimum absolute atomic E-state index is 0.0402. The van der Waals surface area contributed by atoms with Gasteiger partial charge in [0.15, 0.2) is 6.29 Å². The van der Waals surface area contributed by atoms with Crippen LogP contribution in [0.3, 0.4) is 0 Å². The molecule has 2 rings (SSSR count). The molecule has 164 valence electrons. The number of Topliss-reactive ketones (excluding diaryl/α,β-unsaturated/α-hetero) is 1. The van der Waals surface area contributed by atoms with Crippen molar-refractivity contribution in [3.05, 3.63) is 45.5 Å². The van der Waals surface area contributed by atoms with Crippen molar-refractivity contribution in [3.8, 4) is 11.5 Å². The number of hydrogen-bond acceptors (Lipinski definition) is 4. The van der Waals surface area contributed by atoms with Crippen LogP contribution >= 0.6 is 11.6 Å².